The lowest BCUT2D eigenvalue weighted by molar-refractivity contribution is 0.305. The highest BCUT2D eigenvalue weighted by Gasteiger charge is 2.03. The van der Waals surface area contributed by atoms with E-state index in [1.54, 1.807) is 23.1 Å². The summed E-state index contributed by atoms with van der Waals surface area (Å²) in [5.74, 6) is 0.204. The maximum Gasteiger partial charge on any atom is 0.157 e. The zero-order valence-corrected chi connectivity index (χ0v) is 10.6. The molecule has 0 amide bonds. The van der Waals surface area contributed by atoms with E-state index in [0.29, 0.717) is 16.9 Å². The number of ether oxygens (including phenoxy) is 1. The molecule has 2 rings (SSSR count). The van der Waals surface area contributed by atoms with Gasteiger partial charge in [-0.05, 0) is 30.2 Å². The minimum Gasteiger partial charge on any atom is -0.486 e. The lowest BCUT2D eigenvalue weighted by atomic mass is 10.1. The molecule has 0 spiro atoms. The van der Waals surface area contributed by atoms with Crippen LogP contribution < -0.4 is 4.74 Å². The second kappa shape index (κ2) is 6.01. The third-order valence-electron chi connectivity index (χ3n) is 2.55. The molecule has 98 valence electrons. The maximum absolute atomic E-state index is 13.2. The fraction of sp³-hybridized carbons (Fsp3) is 0.286. The standard InChI is InChI=1S/C14H14FN3O/c1-2-3-18-9-14(8-17-18)19-10-12-4-11(7-16)5-13(15)6-12/h4-6,8-9H,2-3,10H2,1H3. The Balaban J connectivity index is 2.01. The van der Waals surface area contributed by atoms with Crippen molar-refractivity contribution in [2.75, 3.05) is 0 Å². The van der Waals surface area contributed by atoms with Crippen LogP contribution in [0.5, 0.6) is 5.75 Å². The fourth-order valence-corrected chi connectivity index (χ4v) is 1.74. The van der Waals surface area contributed by atoms with Crippen LogP contribution in [0, 0.1) is 17.1 Å². The molecule has 0 aliphatic carbocycles. The number of rotatable bonds is 5. The van der Waals surface area contributed by atoms with Crippen LogP contribution in [0.2, 0.25) is 0 Å². The van der Waals surface area contributed by atoms with Crippen LogP contribution in [-0.4, -0.2) is 9.78 Å². The topological polar surface area (TPSA) is 50.8 Å². The van der Waals surface area contributed by atoms with Gasteiger partial charge < -0.3 is 4.74 Å². The van der Waals surface area contributed by atoms with Crippen LogP contribution in [0.3, 0.4) is 0 Å². The maximum atomic E-state index is 13.2. The first kappa shape index (κ1) is 13.1. The largest absolute Gasteiger partial charge is 0.486 e. The highest BCUT2D eigenvalue weighted by atomic mass is 19.1. The Morgan fingerprint density at radius 3 is 3.00 bits per heavy atom. The molecule has 1 heterocycles. The quantitative estimate of drug-likeness (QED) is 0.829. The number of hydrogen-bond donors (Lipinski definition) is 0. The van der Waals surface area contributed by atoms with E-state index in [-0.39, 0.29) is 6.61 Å². The summed E-state index contributed by atoms with van der Waals surface area (Å²) in [5.41, 5.74) is 0.917. The molecule has 0 saturated heterocycles. The van der Waals surface area contributed by atoms with Crippen molar-refractivity contribution in [3.63, 3.8) is 0 Å². The van der Waals surface area contributed by atoms with Gasteiger partial charge in [-0.2, -0.15) is 10.4 Å². The van der Waals surface area contributed by atoms with E-state index in [2.05, 4.69) is 12.0 Å². The number of nitriles is 1. The Morgan fingerprint density at radius 2 is 2.26 bits per heavy atom. The van der Waals surface area contributed by atoms with E-state index < -0.39 is 5.82 Å². The Morgan fingerprint density at radius 1 is 1.42 bits per heavy atom. The van der Waals surface area contributed by atoms with Crippen molar-refractivity contribution in [1.82, 2.24) is 9.78 Å². The minimum atomic E-state index is -0.431. The summed E-state index contributed by atoms with van der Waals surface area (Å²) in [4.78, 5) is 0. The highest BCUT2D eigenvalue weighted by molar-refractivity contribution is 5.33. The van der Waals surface area contributed by atoms with Crippen LogP contribution in [0.15, 0.2) is 30.6 Å². The van der Waals surface area contributed by atoms with E-state index in [1.807, 2.05) is 6.07 Å². The summed E-state index contributed by atoms with van der Waals surface area (Å²) in [6.07, 6.45) is 4.42. The molecule has 4 nitrogen and oxygen atoms in total. The summed E-state index contributed by atoms with van der Waals surface area (Å²) in [5, 5.41) is 12.9. The van der Waals surface area contributed by atoms with Gasteiger partial charge in [-0.25, -0.2) is 4.39 Å². The Labute approximate surface area is 111 Å². The highest BCUT2D eigenvalue weighted by Crippen LogP contribution is 2.14. The Bertz CT molecular complexity index is 601. The van der Waals surface area contributed by atoms with Crippen molar-refractivity contribution >= 4 is 0 Å². The Kier molecular flexibility index (Phi) is 4.14. The molecule has 0 N–H and O–H groups in total. The summed E-state index contributed by atoms with van der Waals surface area (Å²) in [6.45, 7) is 3.12. The van der Waals surface area contributed by atoms with Gasteiger partial charge in [0.05, 0.1) is 24.0 Å². The number of halogens is 1. The van der Waals surface area contributed by atoms with E-state index in [9.17, 15) is 4.39 Å². The van der Waals surface area contributed by atoms with Gasteiger partial charge in [0.1, 0.15) is 12.4 Å². The van der Waals surface area contributed by atoms with Gasteiger partial charge in [-0.15, -0.1) is 0 Å². The third kappa shape index (κ3) is 3.55. The monoisotopic (exact) mass is 259 g/mol. The van der Waals surface area contributed by atoms with Gasteiger partial charge >= 0.3 is 0 Å². The van der Waals surface area contributed by atoms with Crippen molar-refractivity contribution in [3.05, 3.63) is 47.5 Å². The molecular weight excluding hydrogens is 245 g/mol. The number of benzene rings is 1. The van der Waals surface area contributed by atoms with Crippen LogP contribution in [0.4, 0.5) is 4.39 Å². The SMILES string of the molecule is CCCn1cc(OCc2cc(F)cc(C#N)c2)cn1. The first-order valence-electron chi connectivity index (χ1n) is 6.06. The molecule has 0 aliphatic heterocycles. The van der Waals surface area contributed by atoms with Gasteiger partial charge in [0.15, 0.2) is 5.75 Å². The van der Waals surface area contributed by atoms with E-state index in [1.165, 1.54) is 12.1 Å². The zero-order valence-electron chi connectivity index (χ0n) is 10.6. The molecule has 0 saturated carbocycles. The molecule has 0 atom stereocenters. The predicted octanol–water partition coefficient (Wildman–Crippen LogP) is 2.88. The molecule has 0 aliphatic rings. The lowest BCUT2D eigenvalue weighted by Gasteiger charge is -2.04. The summed E-state index contributed by atoms with van der Waals surface area (Å²) in [6, 6.07) is 6.08. The van der Waals surface area contributed by atoms with Crippen molar-refractivity contribution in [1.29, 1.82) is 5.26 Å². The zero-order chi connectivity index (χ0) is 13.7. The van der Waals surface area contributed by atoms with Crippen molar-refractivity contribution in [2.45, 2.75) is 26.5 Å². The van der Waals surface area contributed by atoms with Crippen LogP contribution in [0.25, 0.3) is 0 Å². The molecule has 19 heavy (non-hydrogen) atoms. The van der Waals surface area contributed by atoms with Gasteiger partial charge in [-0.3, -0.25) is 4.68 Å². The molecule has 5 heteroatoms. The summed E-state index contributed by atoms with van der Waals surface area (Å²) >= 11 is 0. The van der Waals surface area contributed by atoms with Crippen LogP contribution in [-0.2, 0) is 13.2 Å². The Hall–Kier alpha value is -2.35. The fourth-order valence-electron chi connectivity index (χ4n) is 1.74. The van der Waals surface area contributed by atoms with Crippen molar-refractivity contribution < 1.29 is 9.13 Å². The second-order valence-corrected chi connectivity index (χ2v) is 4.19. The number of aromatic nitrogens is 2. The van der Waals surface area contributed by atoms with E-state index >= 15 is 0 Å². The number of nitrogens with zero attached hydrogens (tertiary/aromatic N) is 3. The molecule has 0 radical (unpaired) electrons. The van der Waals surface area contributed by atoms with Crippen molar-refractivity contribution in [2.24, 2.45) is 0 Å². The third-order valence-corrected chi connectivity index (χ3v) is 2.55. The molecule has 0 fully saturated rings. The molecule has 0 unspecified atom stereocenters. The molecule has 1 aromatic heterocycles. The van der Waals surface area contributed by atoms with Crippen LogP contribution in [0.1, 0.15) is 24.5 Å². The first-order valence-corrected chi connectivity index (χ1v) is 6.06. The van der Waals surface area contributed by atoms with Gasteiger partial charge in [-0.1, -0.05) is 6.92 Å². The smallest absolute Gasteiger partial charge is 0.157 e. The normalized spacial score (nSPS) is 10.2. The molecule has 2 aromatic rings. The van der Waals surface area contributed by atoms with Crippen LogP contribution >= 0.6 is 0 Å². The second-order valence-electron chi connectivity index (χ2n) is 4.19. The van der Waals surface area contributed by atoms with Gasteiger partial charge in [0.25, 0.3) is 0 Å². The minimum absolute atomic E-state index is 0.213. The van der Waals surface area contributed by atoms with Crippen molar-refractivity contribution in [3.8, 4) is 11.8 Å². The summed E-state index contributed by atoms with van der Waals surface area (Å²) in [7, 11) is 0. The van der Waals surface area contributed by atoms with Gasteiger partial charge in [0, 0.05) is 6.54 Å². The first-order chi connectivity index (χ1) is 9.21. The van der Waals surface area contributed by atoms with E-state index in [4.69, 9.17) is 10.00 Å². The summed E-state index contributed by atoms with van der Waals surface area (Å²) < 4.78 is 20.5. The number of hydrogen-bond acceptors (Lipinski definition) is 3. The lowest BCUT2D eigenvalue weighted by Crippen LogP contribution is -1.97. The predicted molar refractivity (Wildman–Crippen MR) is 68.0 cm³/mol. The van der Waals surface area contributed by atoms with Gasteiger partial charge in [0.2, 0.25) is 0 Å². The average molecular weight is 259 g/mol. The average Bonchev–Trinajstić information content (AvgIpc) is 2.84. The van der Waals surface area contributed by atoms with E-state index in [0.717, 1.165) is 13.0 Å². The molecule has 1 aromatic carbocycles. The molecular formula is C14H14FN3O. The number of aryl methyl sites for hydroxylation is 1. The molecule has 0 bridgehead atoms.